The van der Waals surface area contributed by atoms with E-state index in [1.807, 2.05) is 60.7 Å². The molecular formula is C26H20N2O3. The van der Waals surface area contributed by atoms with E-state index in [9.17, 15) is 10.2 Å². The summed E-state index contributed by atoms with van der Waals surface area (Å²) in [5.74, 6) is 1.43. The van der Waals surface area contributed by atoms with E-state index in [4.69, 9.17) is 4.74 Å². The highest BCUT2D eigenvalue weighted by atomic mass is 16.5. The monoisotopic (exact) mass is 408 g/mol. The molecule has 4 aromatic carbocycles. The summed E-state index contributed by atoms with van der Waals surface area (Å²) >= 11 is 0. The van der Waals surface area contributed by atoms with E-state index in [0.717, 1.165) is 0 Å². The lowest BCUT2D eigenvalue weighted by Crippen LogP contribution is -1.87. The summed E-state index contributed by atoms with van der Waals surface area (Å²) in [5, 5.41) is 19.9. The number of phenolic OH excluding ortho intramolecular Hbond substituents is 2. The minimum absolute atomic E-state index is 0.161. The first-order valence-electron chi connectivity index (χ1n) is 9.71. The molecule has 0 amide bonds. The lowest BCUT2D eigenvalue weighted by Gasteiger charge is -2.10. The number of aliphatic imine (C=N–C) groups is 2. The van der Waals surface area contributed by atoms with Crippen LogP contribution in [-0.2, 0) is 0 Å². The van der Waals surface area contributed by atoms with Crippen molar-refractivity contribution in [2.75, 3.05) is 0 Å². The van der Waals surface area contributed by atoms with Gasteiger partial charge in [0.15, 0.2) is 11.5 Å². The third-order valence-corrected chi connectivity index (χ3v) is 4.51. The fraction of sp³-hybridized carbons (Fsp3) is 0. The lowest BCUT2D eigenvalue weighted by molar-refractivity contribution is 0.474. The minimum atomic E-state index is 0.161. The molecule has 0 aromatic heterocycles. The predicted molar refractivity (Wildman–Crippen MR) is 124 cm³/mol. The highest BCUT2D eigenvalue weighted by Crippen LogP contribution is 2.36. The molecule has 0 saturated carbocycles. The van der Waals surface area contributed by atoms with Gasteiger partial charge in [0, 0.05) is 23.6 Å². The van der Waals surface area contributed by atoms with Crippen molar-refractivity contribution in [2.24, 2.45) is 9.98 Å². The zero-order chi connectivity index (χ0) is 21.5. The van der Waals surface area contributed by atoms with E-state index in [2.05, 4.69) is 9.98 Å². The van der Waals surface area contributed by atoms with Crippen LogP contribution in [0.15, 0.2) is 107 Å². The maximum Gasteiger partial charge on any atom is 0.153 e. The number of benzene rings is 4. The molecule has 152 valence electrons. The number of para-hydroxylation sites is 6. The Kier molecular flexibility index (Phi) is 6.05. The number of hydrogen-bond acceptors (Lipinski definition) is 5. The van der Waals surface area contributed by atoms with Gasteiger partial charge >= 0.3 is 0 Å². The molecule has 2 N–H and O–H groups in total. The second-order valence-electron chi connectivity index (χ2n) is 6.67. The van der Waals surface area contributed by atoms with E-state index in [1.54, 1.807) is 48.8 Å². The number of rotatable bonds is 6. The molecule has 5 nitrogen and oxygen atoms in total. The molecule has 0 aliphatic carbocycles. The van der Waals surface area contributed by atoms with Crippen molar-refractivity contribution >= 4 is 23.8 Å². The van der Waals surface area contributed by atoms with Gasteiger partial charge < -0.3 is 14.9 Å². The normalized spacial score (nSPS) is 11.2. The Morgan fingerprint density at radius 3 is 1.35 bits per heavy atom. The van der Waals surface area contributed by atoms with E-state index >= 15 is 0 Å². The van der Waals surface area contributed by atoms with Crippen LogP contribution in [0.5, 0.6) is 23.0 Å². The molecule has 0 aliphatic heterocycles. The molecule has 0 radical (unpaired) electrons. The quantitative estimate of drug-likeness (QED) is 0.363. The van der Waals surface area contributed by atoms with Crippen molar-refractivity contribution < 1.29 is 14.9 Å². The van der Waals surface area contributed by atoms with Gasteiger partial charge in [-0.15, -0.1) is 0 Å². The average Bonchev–Trinajstić information content (AvgIpc) is 2.80. The number of hydrogen-bond donors (Lipinski definition) is 2. The molecule has 0 spiro atoms. The molecule has 4 aromatic rings. The van der Waals surface area contributed by atoms with Crippen molar-refractivity contribution in [3.63, 3.8) is 0 Å². The van der Waals surface area contributed by atoms with Crippen LogP contribution in [0.1, 0.15) is 11.1 Å². The first kappa shape index (κ1) is 19.9. The summed E-state index contributed by atoms with van der Waals surface area (Å²) in [6.45, 7) is 0. The third-order valence-electron chi connectivity index (χ3n) is 4.51. The highest BCUT2D eigenvalue weighted by Gasteiger charge is 2.07. The summed E-state index contributed by atoms with van der Waals surface area (Å²) in [6.07, 6.45) is 3.19. The van der Waals surface area contributed by atoms with Crippen LogP contribution >= 0.6 is 0 Å². The predicted octanol–water partition coefficient (Wildman–Crippen LogP) is 6.39. The van der Waals surface area contributed by atoms with Gasteiger partial charge in [-0.05, 0) is 48.5 Å². The van der Waals surface area contributed by atoms with Gasteiger partial charge in [0.05, 0.1) is 0 Å². The van der Waals surface area contributed by atoms with Crippen LogP contribution < -0.4 is 4.74 Å². The lowest BCUT2D eigenvalue weighted by atomic mass is 10.2. The van der Waals surface area contributed by atoms with E-state index in [1.165, 1.54) is 0 Å². The van der Waals surface area contributed by atoms with Crippen LogP contribution in [0.25, 0.3) is 0 Å². The van der Waals surface area contributed by atoms with Gasteiger partial charge in [0.1, 0.15) is 22.9 Å². The first-order chi connectivity index (χ1) is 15.2. The number of phenols is 2. The second-order valence-corrected chi connectivity index (χ2v) is 6.67. The molecule has 0 atom stereocenters. The molecule has 0 fully saturated rings. The van der Waals surface area contributed by atoms with Crippen LogP contribution in [-0.4, -0.2) is 22.6 Å². The Hall–Kier alpha value is -4.38. The summed E-state index contributed by atoms with van der Waals surface area (Å²) in [6, 6.07) is 28.8. The fourth-order valence-corrected chi connectivity index (χ4v) is 2.89. The molecule has 5 heteroatoms. The van der Waals surface area contributed by atoms with E-state index in [0.29, 0.717) is 34.0 Å². The molecular weight excluding hydrogens is 388 g/mol. The maximum atomic E-state index is 9.95. The zero-order valence-electron chi connectivity index (χ0n) is 16.6. The Balaban J connectivity index is 1.61. The van der Waals surface area contributed by atoms with Crippen LogP contribution in [0.2, 0.25) is 0 Å². The van der Waals surface area contributed by atoms with Crippen LogP contribution in [0.3, 0.4) is 0 Å². The molecule has 31 heavy (non-hydrogen) atoms. The Labute approximate surface area is 180 Å². The van der Waals surface area contributed by atoms with Gasteiger partial charge in [0.2, 0.25) is 0 Å². The maximum absolute atomic E-state index is 9.95. The number of ether oxygens (including phenoxy) is 1. The van der Waals surface area contributed by atoms with Crippen molar-refractivity contribution in [3.05, 3.63) is 108 Å². The van der Waals surface area contributed by atoms with Crippen LogP contribution in [0, 0.1) is 0 Å². The summed E-state index contributed by atoms with van der Waals surface area (Å²) < 4.78 is 6.13. The van der Waals surface area contributed by atoms with Crippen LogP contribution in [0.4, 0.5) is 11.4 Å². The van der Waals surface area contributed by atoms with Gasteiger partial charge in [-0.1, -0.05) is 48.5 Å². The molecule has 0 saturated heterocycles. The van der Waals surface area contributed by atoms with Crippen molar-refractivity contribution in [2.45, 2.75) is 0 Å². The van der Waals surface area contributed by atoms with Gasteiger partial charge in [-0.25, -0.2) is 0 Å². The first-order valence-corrected chi connectivity index (χ1v) is 9.71. The standard InChI is InChI=1S/C26H20N2O3/c29-23-13-5-1-9-19(23)17-27-21-11-3-7-15-25(21)31-26-16-8-4-12-22(26)28-18-20-10-2-6-14-24(20)30/h1-18,29-30H. The topological polar surface area (TPSA) is 74.4 Å². The van der Waals surface area contributed by atoms with Crippen molar-refractivity contribution in [1.29, 1.82) is 0 Å². The zero-order valence-corrected chi connectivity index (χ0v) is 16.6. The van der Waals surface area contributed by atoms with Gasteiger partial charge in [-0.3, -0.25) is 9.98 Å². The summed E-state index contributed by atoms with van der Waals surface area (Å²) in [5.41, 5.74) is 2.46. The SMILES string of the molecule is Oc1ccccc1C=Nc1ccccc1Oc1ccccc1N=Cc1ccccc1O. The molecule has 0 heterocycles. The van der Waals surface area contributed by atoms with Gasteiger partial charge in [0.25, 0.3) is 0 Å². The van der Waals surface area contributed by atoms with Crippen molar-refractivity contribution in [1.82, 2.24) is 0 Å². The minimum Gasteiger partial charge on any atom is -0.507 e. The van der Waals surface area contributed by atoms with Gasteiger partial charge in [-0.2, -0.15) is 0 Å². The molecule has 4 rings (SSSR count). The molecule has 0 unspecified atom stereocenters. The smallest absolute Gasteiger partial charge is 0.153 e. The second kappa shape index (κ2) is 9.41. The molecule has 0 aliphatic rings. The highest BCUT2D eigenvalue weighted by molar-refractivity contribution is 5.86. The van der Waals surface area contributed by atoms with E-state index in [-0.39, 0.29) is 11.5 Å². The third kappa shape index (κ3) is 4.97. The Morgan fingerprint density at radius 1 is 0.516 bits per heavy atom. The number of aromatic hydroxyl groups is 2. The van der Waals surface area contributed by atoms with E-state index < -0.39 is 0 Å². The largest absolute Gasteiger partial charge is 0.507 e. The number of nitrogens with zero attached hydrogens (tertiary/aromatic N) is 2. The Morgan fingerprint density at radius 2 is 0.903 bits per heavy atom. The summed E-state index contributed by atoms with van der Waals surface area (Å²) in [4.78, 5) is 8.97. The average molecular weight is 408 g/mol. The summed E-state index contributed by atoms with van der Waals surface area (Å²) in [7, 11) is 0. The molecule has 0 bridgehead atoms. The van der Waals surface area contributed by atoms with Crippen molar-refractivity contribution in [3.8, 4) is 23.0 Å². The Bertz CT molecular complexity index is 1150. The fourth-order valence-electron chi connectivity index (χ4n) is 2.89.